The number of hydrogen-bond acceptors (Lipinski definition) is 5. The van der Waals surface area contributed by atoms with E-state index in [1.54, 1.807) is 11.6 Å². The van der Waals surface area contributed by atoms with Gasteiger partial charge in [-0.2, -0.15) is 0 Å². The number of thiazole rings is 1. The maximum Gasteiger partial charge on any atom is 0.226 e. The number of rotatable bonds is 6. The van der Waals surface area contributed by atoms with Crippen molar-refractivity contribution in [3.05, 3.63) is 70.4 Å². The van der Waals surface area contributed by atoms with Crippen LogP contribution >= 0.6 is 11.3 Å². The van der Waals surface area contributed by atoms with Crippen molar-refractivity contribution in [2.24, 2.45) is 0 Å². The number of carbonyl (C=O) groups excluding carboxylic acids is 1. The number of aryl methyl sites for hydroxylation is 1. The van der Waals surface area contributed by atoms with Crippen LogP contribution in [0.1, 0.15) is 16.8 Å². The summed E-state index contributed by atoms with van der Waals surface area (Å²) in [5, 5.41) is 7.95. The number of amides is 1. The zero-order valence-corrected chi connectivity index (χ0v) is 14.7. The minimum atomic E-state index is -0.684. The fourth-order valence-electron chi connectivity index (χ4n) is 2.27. The Morgan fingerprint density at radius 2 is 2.00 bits per heavy atom. The molecule has 0 bridgehead atoms. The third-order valence-corrected chi connectivity index (χ3v) is 4.37. The maximum absolute atomic E-state index is 13.6. The van der Waals surface area contributed by atoms with Crippen molar-refractivity contribution in [1.29, 1.82) is 0 Å². The van der Waals surface area contributed by atoms with Gasteiger partial charge in [-0.3, -0.25) is 4.79 Å². The van der Waals surface area contributed by atoms with Crippen molar-refractivity contribution in [3.63, 3.8) is 0 Å². The largest absolute Gasteiger partial charge is 0.351 e. The minimum Gasteiger partial charge on any atom is -0.351 e. The highest BCUT2D eigenvalue weighted by molar-refractivity contribution is 7.13. The molecule has 0 spiro atoms. The molecule has 0 saturated heterocycles. The van der Waals surface area contributed by atoms with Crippen molar-refractivity contribution >= 4 is 28.2 Å². The zero-order chi connectivity index (χ0) is 18.5. The molecule has 0 unspecified atom stereocenters. The van der Waals surface area contributed by atoms with E-state index < -0.39 is 11.6 Å². The molecule has 2 heterocycles. The first-order chi connectivity index (χ1) is 12.5. The van der Waals surface area contributed by atoms with Crippen LogP contribution in [-0.4, -0.2) is 15.9 Å². The van der Waals surface area contributed by atoms with Crippen LogP contribution in [0, 0.1) is 18.6 Å². The van der Waals surface area contributed by atoms with Crippen LogP contribution in [0.5, 0.6) is 0 Å². The Balaban J connectivity index is 1.56. The van der Waals surface area contributed by atoms with Crippen molar-refractivity contribution in [1.82, 2.24) is 15.3 Å². The number of nitrogens with one attached hydrogen (secondary N) is 2. The molecule has 8 heteroatoms. The fraction of sp³-hybridized carbons (Fsp3) is 0.167. The monoisotopic (exact) mass is 374 g/mol. The van der Waals surface area contributed by atoms with E-state index >= 15 is 0 Å². The van der Waals surface area contributed by atoms with E-state index in [4.69, 9.17) is 0 Å². The predicted octanol–water partition coefficient (Wildman–Crippen LogP) is 3.73. The Morgan fingerprint density at radius 3 is 2.73 bits per heavy atom. The molecule has 0 saturated carbocycles. The van der Waals surface area contributed by atoms with Gasteiger partial charge in [0.25, 0.3) is 0 Å². The molecule has 3 rings (SSSR count). The Bertz CT molecular complexity index is 909. The molecule has 0 radical (unpaired) electrons. The SMILES string of the molecule is Cc1ccnc(Nc2nc(CC(=O)NCc3c(F)cccc3F)cs2)c1. The van der Waals surface area contributed by atoms with E-state index in [9.17, 15) is 13.6 Å². The minimum absolute atomic E-state index is 0.0233. The summed E-state index contributed by atoms with van der Waals surface area (Å²) in [6, 6.07) is 7.37. The van der Waals surface area contributed by atoms with Gasteiger partial charge in [-0.05, 0) is 36.8 Å². The first kappa shape index (κ1) is 17.9. The topological polar surface area (TPSA) is 66.9 Å². The van der Waals surface area contributed by atoms with Gasteiger partial charge in [0, 0.05) is 23.7 Å². The second-order valence-corrected chi connectivity index (χ2v) is 6.50. The van der Waals surface area contributed by atoms with Gasteiger partial charge in [0.15, 0.2) is 5.13 Å². The molecule has 1 aromatic carbocycles. The molecule has 2 aromatic heterocycles. The standard InChI is InChI=1S/C18H16F2N4OS/c1-11-5-6-21-16(7-11)24-18-23-12(10-26-18)8-17(25)22-9-13-14(19)3-2-4-15(13)20/h2-7,10H,8-9H2,1H3,(H,22,25)(H,21,23,24). The van der Waals surface area contributed by atoms with Gasteiger partial charge in [-0.25, -0.2) is 18.7 Å². The quantitative estimate of drug-likeness (QED) is 0.690. The van der Waals surface area contributed by atoms with Gasteiger partial charge >= 0.3 is 0 Å². The number of anilines is 2. The summed E-state index contributed by atoms with van der Waals surface area (Å²) in [6.07, 6.45) is 1.72. The molecule has 0 aliphatic rings. The Hall–Kier alpha value is -2.87. The molecule has 0 atom stereocenters. The summed E-state index contributed by atoms with van der Waals surface area (Å²) >= 11 is 1.35. The van der Waals surface area contributed by atoms with E-state index in [2.05, 4.69) is 20.6 Å². The van der Waals surface area contributed by atoms with Crippen molar-refractivity contribution in [2.75, 3.05) is 5.32 Å². The molecule has 0 aliphatic heterocycles. The molecule has 26 heavy (non-hydrogen) atoms. The Morgan fingerprint density at radius 1 is 1.23 bits per heavy atom. The molecule has 1 amide bonds. The number of carbonyl (C=O) groups is 1. The highest BCUT2D eigenvalue weighted by Gasteiger charge is 2.12. The van der Waals surface area contributed by atoms with E-state index in [1.165, 1.54) is 17.4 Å². The van der Waals surface area contributed by atoms with Crippen molar-refractivity contribution in [3.8, 4) is 0 Å². The maximum atomic E-state index is 13.6. The summed E-state index contributed by atoms with van der Waals surface area (Å²) in [6.45, 7) is 1.75. The first-order valence-electron chi connectivity index (χ1n) is 7.85. The highest BCUT2D eigenvalue weighted by Crippen LogP contribution is 2.20. The normalized spacial score (nSPS) is 10.6. The predicted molar refractivity (Wildman–Crippen MR) is 96.3 cm³/mol. The second kappa shape index (κ2) is 8.01. The lowest BCUT2D eigenvalue weighted by Gasteiger charge is -2.06. The summed E-state index contributed by atoms with van der Waals surface area (Å²) < 4.78 is 27.1. The van der Waals surface area contributed by atoms with E-state index in [1.807, 2.05) is 19.1 Å². The Kier molecular flexibility index (Phi) is 5.52. The summed E-state index contributed by atoms with van der Waals surface area (Å²) in [5.41, 5.74) is 1.47. The summed E-state index contributed by atoms with van der Waals surface area (Å²) in [5.74, 6) is -1.06. The number of nitrogens with zero attached hydrogens (tertiary/aromatic N) is 2. The lowest BCUT2D eigenvalue weighted by atomic mass is 10.2. The third kappa shape index (κ3) is 4.60. The van der Waals surface area contributed by atoms with Gasteiger partial charge in [0.05, 0.1) is 12.1 Å². The van der Waals surface area contributed by atoms with Crippen LogP contribution in [0.15, 0.2) is 41.9 Å². The summed E-state index contributed by atoms with van der Waals surface area (Å²) in [4.78, 5) is 20.5. The molecule has 0 fully saturated rings. The second-order valence-electron chi connectivity index (χ2n) is 5.64. The van der Waals surface area contributed by atoms with Crippen molar-refractivity contribution in [2.45, 2.75) is 19.9 Å². The molecular formula is C18H16F2N4OS. The van der Waals surface area contributed by atoms with Crippen LogP contribution < -0.4 is 10.6 Å². The molecule has 134 valence electrons. The average molecular weight is 374 g/mol. The molecule has 3 aromatic rings. The smallest absolute Gasteiger partial charge is 0.226 e. The molecule has 2 N–H and O–H groups in total. The first-order valence-corrected chi connectivity index (χ1v) is 8.73. The number of benzene rings is 1. The number of aromatic nitrogens is 2. The lowest BCUT2D eigenvalue weighted by Crippen LogP contribution is -2.25. The van der Waals surface area contributed by atoms with Gasteiger partial charge in [-0.1, -0.05) is 6.07 Å². The van der Waals surface area contributed by atoms with Crippen molar-refractivity contribution < 1.29 is 13.6 Å². The highest BCUT2D eigenvalue weighted by atomic mass is 32.1. The zero-order valence-electron chi connectivity index (χ0n) is 13.9. The van der Waals surface area contributed by atoms with Crippen LogP contribution in [0.4, 0.5) is 19.7 Å². The number of halogens is 2. The third-order valence-electron chi connectivity index (χ3n) is 3.57. The summed E-state index contributed by atoms with van der Waals surface area (Å²) in [7, 11) is 0. The van der Waals surface area contributed by atoms with Crippen LogP contribution in [-0.2, 0) is 17.8 Å². The fourth-order valence-corrected chi connectivity index (χ4v) is 2.99. The lowest BCUT2D eigenvalue weighted by molar-refractivity contribution is -0.120. The van der Waals surface area contributed by atoms with Crippen LogP contribution in [0.25, 0.3) is 0 Å². The average Bonchev–Trinajstić information content (AvgIpc) is 3.01. The number of hydrogen-bond donors (Lipinski definition) is 2. The molecule has 5 nitrogen and oxygen atoms in total. The van der Waals surface area contributed by atoms with E-state index in [-0.39, 0.29) is 24.4 Å². The van der Waals surface area contributed by atoms with Gasteiger partial charge < -0.3 is 10.6 Å². The van der Waals surface area contributed by atoms with E-state index in [0.29, 0.717) is 16.6 Å². The Labute approximate surface area is 153 Å². The number of pyridine rings is 1. The van der Waals surface area contributed by atoms with Gasteiger partial charge in [-0.15, -0.1) is 11.3 Å². The molecular weight excluding hydrogens is 358 g/mol. The van der Waals surface area contributed by atoms with Gasteiger partial charge in [0.2, 0.25) is 5.91 Å². The molecule has 0 aliphatic carbocycles. The van der Waals surface area contributed by atoms with Gasteiger partial charge in [0.1, 0.15) is 17.5 Å². The van der Waals surface area contributed by atoms with Crippen LogP contribution in [0.2, 0.25) is 0 Å². The van der Waals surface area contributed by atoms with E-state index in [0.717, 1.165) is 17.7 Å². The van der Waals surface area contributed by atoms with Crippen LogP contribution in [0.3, 0.4) is 0 Å².